The summed E-state index contributed by atoms with van der Waals surface area (Å²) in [5.41, 5.74) is 8.20. The number of halogens is 1. The van der Waals surface area contributed by atoms with Crippen molar-refractivity contribution in [2.45, 2.75) is 12.4 Å². The Balaban J connectivity index is 2.00. The molecule has 0 aliphatic carbocycles. The average molecular weight is 290 g/mol. The molecule has 0 saturated heterocycles. The van der Waals surface area contributed by atoms with Crippen LogP contribution in [0.3, 0.4) is 0 Å². The second kappa shape index (κ2) is 4.97. The van der Waals surface area contributed by atoms with Crippen LogP contribution < -0.4 is 11.3 Å². The molecule has 0 radical (unpaired) electrons. The van der Waals surface area contributed by atoms with Gasteiger partial charge in [-0.3, -0.25) is 14.5 Å². The number of nitrogen functional groups attached to an aromatic ring is 1. The number of alkyl halides is 1. The normalized spacial score (nSPS) is 11.1. The summed E-state index contributed by atoms with van der Waals surface area (Å²) in [6.45, 7) is 0.487. The highest BCUT2D eigenvalue weighted by Gasteiger charge is 2.09. The number of aromatic nitrogens is 4. The lowest BCUT2D eigenvalue weighted by atomic mass is 10.1. The number of aromatic amines is 1. The van der Waals surface area contributed by atoms with E-state index in [1.807, 2.05) is 24.3 Å². The molecule has 3 rings (SSSR count). The Morgan fingerprint density at radius 3 is 2.65 bits per heavy atom. The summed E-state index contributed by atoms with van der Waals surface area (Å²) in [6, 6.07) is 7.83. The topological polar surface area (TPSA) is 89.6 Å². The number of nitrogens with zero attached hydrogens (tertiary/aromatic N) is 3. The fourth-order valence-electron chi connectivity index (χ4n) is 2.05. The van der Waals surface area contributed by atoms with Crippen LogP contribution in [0.1, 0.15) is 11.1 Å². The standard InChI is InChI=1S/C13H12ClN5O/c14-5-8-1-3-9(4-2-8)7-19-11-10(6-16-19)17-13(15)18-12(11)20/h1-4,6H,5,7H2,(H3,15,17,18,20). The fourth-order valence-corrected chi connectivity index (χ4v) is 2.23. The highest BCUT2D eigenvalue weighted by Crippen LogP contribution is 2.11. The van der Waals surface area contributed by atoms with Crippen LogP contribution in [-0.4, -0.2) is 19.7 Å². The second-order valence-corrected chi connectivity index (χ2v) is 4.70. The lowest BCUT2D eigenvalue weighted by Crippen LogP contribution is -2.15. The molecule has 2 aromatic heterocycles. The summed E-state index contributed by atoms with van der Waals surface area (Å²) < 4.78 is 1.61. The van der Waals surface area contributed by atoms with Crippen LogP contribution in [0.15, 0.2) is 35.3 Å². The molecule has 0 atom stereocenters. The second-order valence-electron chi connectivity index (χ2n) is 4.44. The van der Waals surface area contributed by atoms with Gasteiger partial charge in [0.2, 0.25) is 5.95 Å². The van der Waals surface area contributed by atoms with Crippen LogP contribution >= 0.6 is 11.6 Å². The number of benzene rings is 1. The van der Waals surface area contributed by atoms with Crippen molar-refractivity contribution in [3.63, 3.8) is 0 Å². The molecule has 0 unspecified atom stereocenters. The van der Waals surface area contributed by atoms with Crippen molar-refractivity contribution < 1.29 is 0 Å². The van der Waals surface area contributed by atoms with E-state index in [1.165, 1.54) is 6.20 Å². The third kappa shape index (κ3) is 2.25. The molecule has 0 bridgehead atoms. The van der Waals surface area contributed by atoms with Gasteiger partial charge in [0.05, 0.1) is 12.7 Å². The van der Waals surface area contributed by atoms with Crippen molar-refractivity contribution in [2.75, 3.05) is 5.73 Å². The van der Waals surface area contributed by atoms with Crippen LogP contribution in [0.4, 0.5) is 5.95 Å². The van der Waals surface area contributed by atoms with Crippen molar-refractivity contribution in [3.8, 4) is 0 Å². The minimum absolute atomic E-state index is 0.0912. The molecule has 0 saturated carbocycles. The highest BCUT2D eigenvalue weighted by atomic mass is 35.5. The summed E-state index contributed by atoms with van der Waals surface area (Å²) >= 11 is 5.75. The molecule has 0 fully saturated rings. The summed E-state index contributed by atoms with van der Waals surface area (Å²) in [4.78, 5) is 18.4. The van der Waals surface area contributed by atoms with Crippen LogP contribution in [0, 0.1) is 0 Å². The zero-order valence-electron chi connectivity index (χ0n) is 10.5. The first kappa shape index (κ1) is 12.7. The monoisotopic (exact) mass is 289 g/mol. The van der Waals surface area contributed by atoms with Crippen LogP contribution in [0.25, 0.3) is 11.0 Å². The maximum absolute atomic E-state index is 11.9. The van der Waals surface area contributed by atoms with Gasteiger partial charge >= 0.3 is 0 Å². The van der Waals surface area contributed by atoms with Gasteiger partial charge in [0.25, 0.3) is 5.56 Å². The van der Waals surface area contributed by atoms with Gasteiger partial charge in [-0.15, -0.1) is 11.6 Å². The SMILES string of the molecule is Nc1nc2cnn(Cc3ccc(CCl)cc3)c2c(=O)[nH]1. The Kier molecular flexibility index (Phi) is 3.15. The Bertz CT molecular complexity index is 806. The number of hydrogen-bond acceptors (Lipinski definition) is 4. The van der Waals surface area contributed by atoms with Crippen LogP contribution in [-0.2, 0) is 12.4 Å². The van der Waals surface area contributed by atoms with E-state index in [0.717, 1.165) is 11.1 Å². The van der Waals surface area contributed by atoms with E-state index in [-0.39, 0.29) is 11.5 Å². The van der Waals surface area contributed by atoms with Gasteiger partial charge in [-0.1, -0.05) is 24.3 Å². The summed E-state index contributed by atoms with van der Waals surface area (Å²) in [5.74, 6) is 0.571. The van der Waals surface area contributed by atoms with Crippen LogP contribution in [0.2, 0.25) is 0 Å². The first-order chi connectivity index (χ1) is 9.67. The molecule has 102 valence electrons. The quantitative estimate of drug-likeness (QED) is 0.715. The van der Waals surface area contributed by atoms with Crippen molar-refractivity contribution in [3.05, 3.63) is 51.9 Å². The summed E-state index contributed by atoms with van der Waals surface area (Å²) in [6.07, 6.45) is 1.54. The molecule has 7 heteroatoms. The molecular weight excluding hydrogens is 278 g/mol. The maximum Gasteiger partial charge on any atom is 0.278 e. The molecule has 20 heavy (non-hydrogen) atoms. The van der Waals surface area contributed by atoms with Gasteiger partial charge in [-0.05, 0) is 11.1 Å². The Hall–Kier alpha value is -2.34. The lowest BCUT2D eigenvalue weighted by Gasteiger charge is -2.04. The molecular formula is C13H12ClN5O. The van der Waals surface area contributed by atoms with E-state index in [0.29, 0.717) is 23.5 Å². The predicted molar refractivity (Wildman–Crippen MR) is 77.7 cm³/mol. The van der Waals surface area contributed by atoms with Crippen molar-refractivity contribution in [1.29, 1.82) is 0 Å². The largest absolute Gasteiger partial charge is 0.369 e. The van der Waals surface area contributed by atoms with Crippen molar-refractivity contribution in [1.82, 2.24) is 19.7 Å². The van der Waals surface area contributed by atoms with E-state index in [9.17, 15) is 4.79 Å². The number of hydrogen-bond donors (Lipinski definition) is 2. The smallest absolute Gasteiger partial charge is 0.278 e. The third-order valence-electron chi connectivity index (χ3n) is 3.03. The number of nitrogens with two attached hydrogens (primary N) is 1. The molecule has 3 N–H and O–H groups in total. The predicted octanol–water partition coefficient (Wildman–Crippen LogP) is 1.49. The van der Waals surface area contributed by atoms with E-state index in [2.05, 4.69) is 15.1 Å². The van der Waals surface area contributed by atoms with Gasteiger partial charge in [0.1, 0.15) is 5.52 Å². The third-order valence-corrected chi connectivity index (χ3v) is 3.34. The molecule has 3 aromatic rings. The highest BCUT2D eigenvalue weighted by molar-refractivity contribution is 6.17. The van der Waals surface area contributed by atoms with Gasteiger partial charge in [0.15, 0.2) is 5.52 Å². The average Bonchev–Trinajstić information content (AvgIpc) is 2.82. The molecule has 0 amide bonds. The van der Waals surface area contributed by atoms with Crippen molar-refractivity contribution in [2.24, 2.45) is 0 Å². The minimum Gasteiger partial charge on any atom is -0.369 e. The number of nitrogens with one attached hydrogen (secondary N) is 1. The fraction of sp³-hybridized carbons (Fsp3) is 0.154. The molecule has 0 aliphatic heterocycles. The van der Waals surface area contributed by atoms with Gasteiger partial charge in [-0.2, -0.15) is 5.10 Å². The van der Waals surface area contributed by atoms with E-state index in [1.54, 1.807) is 4.68 Å². The van der Waals surface area contributed by atoms with Crippen molar-refractivity contribution >= 4 is 28.6 Å². The zero-order chi connectivity index (χ0) is 14.1. The Morgan fingerprint density at radius 1 is 1.25 bits per heavy atom. The zero-order valence-corrected chi connectivity index (χ0v) is 11.3. The number of anilines is 1. The number of fused-ring (bicyclic) bond motifs is 1. The molecule has 0 aliphatic rings. The molecule has 1 aromatic carbocycles. The number of rotatable bonds is 3. The summed E-state index contributed by atoms with van der Waals surface area (Å²) in [7, 11) is 0. The first-order valence-electron chi connectivity index (χ1n) is 6.02. The first-order valence-corrected chi connectivity index (χ1v) is 6.56. The minimum atomic E-state index is -0.289. The Morgan fingerprint density at radius 2 is 1.95 bits per heavy atom. The van der Waals surface area contributed by atoms with E-state index >= 15 is 0 Å². The van der Waals surface area contributed by atoms with Gasteiger partial charge in [-0.25, -0.2) is 4.98 Å². The lowest BCUT2D eigenvalue weighted by molar-refractivity contribution is 0.708. The molecule has 0 spiro atoms. The van der Waals surface area contributed by atoms with Gasteiger partial charge < -0.3 is 5.73 Å². The maximum atomic E-state index is 11.9. The Labute approximate surface area is 119 Å². The molecule has 6 nitrogen and oxygen atoms in total. The molecule has 2 heterocycles. The number of H-pyrrole nitrogens is 1. The summed E-state index contributed by atoms with van der Waals surface area (Å²) in [5, 5.41) is 4.19. The van der Waals surface area contributed by atoms with E-state index in [4.69, 9.17) is 17.3 Å². The van der Waals surface area contributed by atoms with E-state index < -0.39 is 0 Å². The van der Waals surface area contributed by atoms with Crippen LogP contribution in [0.5, 0.6) is 0 Å². The van der Waals surface area contributed by atoms with Gasteiger partial charge in [0, 0.05) is 5.88 Å².